The monoisotopic (exact) mass is 361 g/mol. The van der Waals surface area contributed by atoms with Crippen LogP contribution in [0, 0.1) is 29.6 Å². The molecule has 7 atom stereocenters. The summed E-state index contributed by atoms with van der Waals surface area (Å²) in [6, 6.07) is 0.808. The number of halogens is 1. The molecular formula is C16H28IN. The van der Waals surface area contributed by atoms with E-state index in [4.69, 9.17) is 0 Å². The van der Waals surface area contributed by atoms with E-state index in [1.165, 1.54) is 38.5 Å². The molecule has 0 aliphatic heterocycles. The van der Waals surface area contributed by atoms with Crippen LogP contribution in [-0.4, -0.2) is 16.5 Å². The molecule has 0 bridgehead atoms. The van der Waals surface area contributed by atoms with Crippen molar-refractivity contribution in [2.45, 2.75) is 61.8 Å². The van der Waals surface area contributed by atoms with Crippen LogP contribution >= 0.6 is 22.6 Å². The van der Waals surface area contributed by atoms with Gasteiger partial charge in [0.05, 0.1) is 0 Å². The van der Waals surface area contributed by atoms with Gasteiger partial charge in [0, 0.05) is 9.46 Å². The predicted octanol–water partition coefficient (Wildman–Crippen LogP) is 4.25. The van der Waals surface area contributed by atoms with Crippen molar-refractivity contribution in [1.29, 1.82) is 0 Å². The molecule has 3 saturated carbocycles. The minimum absolute atomic E-state index is 0.653. The Morgan fingerprint density at radius 2 is 2.11 bits per heavy atom. The van der Waals surface area contributed by atoms with E-state index in [1.54, 1.807) is 0 Å². The Bertz CT molecular complexity index is 318. The molecule has 0 aromatic carbocycles. The smallest absolute Gasteiger partial charge is 0.0296 e. The average Bonchev–Trinajstić information content (AvgIpc) is 3.00. The zero-order valence-electron chi connectivity index (χ0n) is 12.1. The molecule has 1 nitrogen and oxygen atoms in total. The summed E-state index contributed by atoms with van der Waals surface area (Å²) in [5.74, 6) is 5.00. The molecule has 3 aliphatic carbocycles. The zero-order valence-corrected chi connectivity index (χ0v) is 14.2. The van der Waals surface area contributed by atoms with Crippen molar-refractivity contribution in [2.24, 2.45) is 29.6 Å². The standard InChI is InChI=1S/C16H28IN/c1-10(4-5-12-8-11(12)2)14-9-15(18-3)13-6-7-16(13,14)17/h10-15,18H,4-9H2,1-3H3/t10?,11?,12?,13?,14-,15?,16?/m0/s1. The minimum atomic E-state index is 0.653. The van der Waals surface area contributed by atoms with Crippen LogP contribution in [0.1, 0.15) is 52.4 Å². The van der Waals surface area contributed by atoms with Gasteiger partial charge in [-0.3, -0.25) is 0 Å². The van der Waals surface area contributed by atoms with Crippen molar-refractivity contribution in [2.75, 3.05) is 7.05 Å². The first-order valence-corrected chi connectivity index (χ1v) is 9.00. The SMILES string of the molecule is CNC1C[C@@H](C(C)CCC2CC2C)C2(I)CCC12. The lowest BCUT2D eigenvalue weighted by Crippen LogP contribution is -2.48. The summed E-state index contributed by atoms with van der Waals surface area (Å²) < 4.78 is 0.653. The van der Waals surface area contributed by atoms with E-state index >= 15 is 0 Å². The molecule has 3 rings (SSSR count). The second kappa shape index (κ2) is 4.91. The van der Waals surface area contributed by atoms with Gasteiger partial charge in [0.1, 0.15) is 0 Å². The lowest BCUT2D eigenvalue weighted by Gasteiger charge is -2.47. The predicted molar refractivity (Wildman–Crippen MR) is 86.1 cm³/mol. The second-order valence-electron chi connectivity index (χ2n) is 7.34. The van der Waals surface area contributed by atoms with Crippen LogP contribution in [-0.2, 0) is 0 Å². The number of alkyl halides is 1. The molecular weight excluding hydrogens is 333 g/mol. The summed E-state index contributed by atoms with van der Waals surface area (Å²) in [6.07, 6.45) is 8.87. The van der Waals surface area contributed by atoms with Gasteiger partial charge in [-0.25, -0.2) is 0 Å². The van der Waals surface area contributed by atoms with Gasteiger partial charge >= 0.3 is 0 Å². The summed E-state index contributed by atoms with van der Waals surface area (Å²) in [4.78, 5) is 0. The van der Waals surface area contributed by atoms with Crippen LogP contribution in [0.4, 0.5) is 0 Å². The topological polar surface area (TPSA) is 12.0 Å². The first-order valence-electron chi connectivity index (χ1n) is 7.92. The molecule has 0 spiro atoms. The van der Waals surface area contributed by atoms with Crippen molar-refractivity contribution in [3.63, 3.8) is 0 Å². The Kier molecular flexibility index (Phi) is 3.72. The van der Waals surface area contributed by atoms with Crippen molar-refractivity contribution in [3.8, 4) is 0 Å². The highest BCUT2D eigenvalue weighted by Gasteiger charge is 2.59. The van der Waals surface area contributed by atoms with E-state index in [0.717, 1.165) is 35.6 Å². The fourth-order valence-corrected chi connectivity index (χ4v) is 6.65. The van der Waals surface area contributed by atoms with Gasteiger partial charge in [-0.05, 0) is 68.7 Å². The van der Waals surface area contributed by atoms with E-state index in [2.05, 4.69) is 48.8 Å². The van der Waals surface area contributed by atoms with Gasteiger partial charge in [0.25, 0.3) is 0 Å². The molecule has 0 amide bonds. The number of hydrogen-bond acceptors (Lipinski definition) is 1. The second-order valence-corrected chi connectivity index (χ2v) is 9.35. The van der Waals surface area contributed by atoms with Crippen molar-refractivity contribution < 1.29 is 0 Å². The number of rotatable bonds is 5. The molecule has 0 radical (unpaired) electrons. The van der Waals surface area contributed by atoms with Crippen LogP contribution in [0.3, 0.4) is 0 Å². The quantitative estimate of drug-likeness (QED) is 0.570. The molecule has 104 valence electrons. The lowest BCUT2D eigenvalue weighted by atomic mass is 9.68. The third kappa shape index (κ3) is 2.15. The van der Waals surface area contributed by atoms with Crippen molar-refractivity contribution in [1.82, 2.24) is 5.32 Å². The summed E-state index contributed by atoms with van der Waals surface area (Å²) in [5, 5.41) is 3.58. The summed E-state index contributed by atoms with van der Waals surface area (Å²) in [6.45, 7) is 4.95. The molecule has 0 aromatic rings. The van der Waals surface area contributed by atoms with Crippen molar-refractivity contribution in [3.05, 3.63) is 0 Å². The van der Waals surface area contributed by atoms with Crippen LogP contribution in [0.2, 0.25) is 0 Å². The molecule has 3 aliphatic rings. The Balaban J connectivity index is 1.57. The van der Waals surface area contributed by atoms with Gasteiger partial charge in [-0.2, -0.15) is 0 Å². The molecule has 2 heteroatoms. The van der Waals surface area contributed by atoms with Crippen LogP contribution in [0.5, 0.6) is 0 Å². The average molecular weight is 361 g/mol. The van der Waals surface area contributed by atoms with Gasteiger partial charge in [0.15, 0.2) is 0 Å². The Morgan fingerprint density at radius 3 is 2.56 bits per heavy atom. The molecule has 18 heavy (non-hydrogen) atoms. The molecule has 0 heterocycles. The van der Waals surface area contributed by atoms with E-state index in [-0.39, 0.29) is 0 Å². The highest BCUT2D eigenvalue weighted by atomic mass is 127. The zero-order chi connectivity index (χ0) is 12.9. The van der Waals surface area contributed by atoms with E-state index in [1.807, 2.05) is 0 Å². The normalized spacial score (nSPS) is 51.7. The maximum atomic E-state index is 3.58. The van der Waals surface area contributed by atoms with Crippen LogP contribution in [0.25, 0.3) is 0 Å². The third-order valence-corrected chi connectivity index (χ3v) is 8.53. The maximum absolute atomic E-state index is 3.58. The lowest BCUT2D eigenvalue weighted by molar-refractivity contribution is 0.177. The minimum Gasteiger partial charge on any atom is -0.317 e. The Hall–Kier alpha value is 0.690. The first kappa shape index (κ1) is 13.7. The highest BCUT2D eigenvalue weighted by molar-refractivity contribution is 14.1. The number of nitrogens with one attached hydrogen (secondary N) is 1. The van der Waals surface area contributed by atoms with Gasteiger partial charge in [0.2, 0.25) is 0 Å². The van der Waals surface area contributed by atoms with E-state index in [9.17, 15) is 0 Å². The van der Waals surface area contributed by atoms with Gasteiger partial charge in [-0.15, -0.1) is 0 Å². The first-order chi connectivity index (χ1) is 8.56. The van der Waals surface area contributed by atoms with Gasteiger partial charge in [-0.1, -0.05) is 42.9 Å². The fourth-order valence-electron chi connectivity index (χ4n) is 4.72. The number of hydrogen-bond donors (Lipinski definition) is 1. The summed E-state index contributed by atoms with van der Waals surface area (Å²) in [5.41, 5.74) is 0. The third-order valence-electron chi connectivity index (χ3n) is 6.39. The van der Waals surface area contributed by atoms with Gasteiger partial charge < -0.3 is 5.32 Å². The molecule has 1 N–H and O–H groups in total. The largest absolute Gasteiger partial charge is 0.317 e. The van der Waals surface area contributed by atoms with E-state index in [0.29, 0.717) is 3.42 Å². The molecule has 0 saturated heterocycles. The molecule has 6 unspecified atom stereocenters. The summed E-state index contributed by atoms with van der Waals surface area (Å²) in [7, 11) is 2.17. The van der Waals surface area contributed by atoms with Crippen LogP contribution < -0.4 is 5.32 Å². The highest BCUT2D eigenvalue weighted by Crippen LogP contribution is 2.62. The molecule has 0 aromatic heterocycles. The Labute approximate surface area is 126 Å². The summed E-state index contributed by atoms with van der Waals surface area (Å²) >= 11 is 2.83. The van der Waals surface area contributed by atoms with Crippen LogP contribution in [0.15, 0.2) is 0 Å². The van der Waals surface area contributed by atoms with Crippen molar-refractivity contribution >= 4 is 22.6 Å². The van der Waals surface area contributed by atoms with E-state index < -0.39 is 0 Å². The Morgan fingerprint density at radius 1 is 1.39 bits per heavy atom. The maximum Gasteiger partial charge on any atom is 0.0296 e. The fraction of sp³-hybridized carbons (Fsp3) is 1.00. The number of fused-ring (bicyclic) bond motifs is 1. The molecule has 3 fully saturated rings.